The fourth-order valence-electron chi connectivity index (χ4n) is 1.88. The average Bonchev–Trinajstić information content (AvgIpc) is 2.52. The van der Waals surface area contributed by atoms with Crippen LogP contribution in [-0.4, -0.2) is 46.6 Å². The van der Waals surface area contributed by atoms with Gasteiger partial charge in [-0.25, -0.2) is 9.59 Å². The molecule has 2 amide bonds. The monoisotopic (exact) mass is 448 g/mol. The Morgan fingerprint density at radius 3 is 2.25 bits per heavy atom. The molecule has 0 fully saturated rings. The normalized spacial score (nSPS) is 12.7. The van der Waals surface area contributed by atoms with Crippen LogP contribution in [0.4, 0.5) is 4.79 Å². The highest BCUT2D eigenvalue weighted by molar-refractivity contribution is 14.1. The summed E-state index contributed by atoms with van der Waals surface area (Å²) in [5.41, 5.74) is 0.737. The zero-order valence-electron chi connectivity index (χ0n) is 12.6. The fourth-order valence-corrected chi connectivity index (χ4v) is 2.24. The Hall–Kier alpha value is -2.17. The molecule has 0 radical (unpaired) electrons. The van der Waals surface area contributed by atoms with E-state index in [1.54, 1.807) is 12.1 Å². The van der Waals surface area contributed by atoms with Crippen molar-refractivity contribution in [1.82, 2.24) is 10.6 Å². The first-order chi connectivity index (χ1) is 11.3. The van der Waals surface area contributed by atoms with E-state index in [0.717, 1.165) is 9.13 Å². The molecule has 130 valence electrons. The first-order valence-corrected chi connectivity index (χ1v) is 8.11. The minimum atomic E-state index is -1.21. The molecule has 0 aliphatic heterocycles. The van der Waals surface area contributed by atoms with E-state index in [2.05, 4.69) is 33.2 Å². The Bertz CT molecular complexity index is 604. The van der Waals surface area contributed by atoms with Crippen LogP contribution in [0.5, 0.6) is 0 Å². The number of hydrogen-bond donors (Lipinski definition) is 4. The molecular weight excluding hydrogens is 431 g/mol. The largest absolute Gasteiger partial charge is 0.481 e. The molecule has 0 unspecified atom stereocenters. The van der Waals surface area contributed by atoms with Crippen LogP contribution < -0.4 is 10.6 Å². The topological polar surface area (TPSA) is 133 Å². The smallest absolute Gasteiger partial charge is 0.326 e. The third kappa shape index (κ3) is 7.40. The molecule has 9 heteroatoms. The second kappa shape index (κ2) is 9.85. The van der Waals surface area contributed by atoms with Crippen LogP contribution in [0.2, 0.25) is 0 Å². The number of hydrogen-bond acceptors (Lipinski definition) is 4. The predicted octanol–water partition coefficient (Wildman–Crippen LogP) is 1.02. The maximum atomic E-state index is 11.8. The lowest BCUT2D eigenvalue weighted by molar-refractivity contribution is -0.139. The number of rotatable bonds is 9. The first-order valence-electron chi connectivity index (χ1n) is 7.03. The molecule has 0 saturated carbocycles. The Kier molecular flexibility index (Phi) is 8.16. The minimum Gasteiger partial charge on any atom is -0.481 e. The van der Waals surface area contributed by atoms with Crippen LogP contribution in [0.3, 0.4) is 0 Å². The Morgan fingerprint density at radius 1 is 1.12 bits per heavy atom. The number of carboxylic acids is 2. The summed E-state index contributed by atoms with van der Waals surface area (Å²) in [6.45, 7) is 0. The van der Waals surface area contributed by atoms with Gasteiger partial charge in [0.2, 0.25) is 0 Å². The molecule has 24 heavy (non-hydrogen) atoms. The Morgan fingerprint density at radius 2 is 1.75 bits per heavy atom. The number of amides is 2. The van der Waals surface area contributed by atoms with Crippen LogP contribution in [0.1, 0.15) is 18.4 Å². The number of carbonyl (C=O) groups excluding carboxylic acids is 2. The molecule has 0 spiro atoms. The molecule has 1 aromatic carbocycles. The number of urea groups is 1. The average molecular weight is 448 g/mol. The van der Waals surface area contributed by atoms with E-state index in [4.69, 9.17) is 5.11 Å². The van der Waals surface area contributed by atoms with Crippen molar-refractivity contribution in [3.63, 3.8) is 0 Å². The number of benzene rings is 1. The van der Waals surface area contributed by atoms with Crippen molar-refractivity contribution in [1.29, 1.82) is 0 Å². The lowest BCUT2D eigenvalue weighted by atomic mass is 10.1. The second-order valence-corrected chi connectivity index (χ2v) is 6.26. The second-order valence-electron chi connectivity index (χ2n) is 5.01. The lowest BCUT2D eigenvalue weighted by Crippen LogP contribution is -2.50. The summed E-state index contributed by atoms with van der Waals surface area (Å²) in [5, 5.41) is 22.3. The van der Waals surface area contributed by atoms with Gasteiger partial charge in [0.1, 0.15) is 12.3 Å². The van der Waals surface area contributed by atoms with Crippen LogP contribution >= 0.6 is 22.6 Å². The van der Waals surface area contributed by atoms with Crippen LogP contribution in [0, 0.1) is 3.57 Å². The van der Waals surface area contributed by atoms with Gasteiger partial charge >= 0.3 is 18.0 Å². The maximum absolute atomic E-state index is 11.8. The van der Waals surface area contributed by atoms with Crippen molar-refractivity contribution in [3.05, 3.63) is 33.4 Å². The molecule has 0 heterocycles. The molecular formula is C15H17IN2O6. The molecule has 1 rings (SSSR count). The SMILES string of the molecule is O=C[C@H](CCC(=O)O)NC(=O)N[C@@H](Cc1ccc(I)cc1)C(=O)O. The van der Waals surface area contributed by atoms with Gasteiger partial charge in [-0.2, -0.15) is 0 Å². The Labute approximate surface area is 151 Å². The zero-order valence-corrected chi connectivity index (χ0v) is 14.7. The van der Waals surface area contributed by atoms with E-state index in [0.29, 0.717) is 6.29 Å². The van der Waals surface area contributed by atoms with Crippen LogP contribution in [0.15, 0.2) is 24.3 Å². The molecule has 0 aliphatic rings. The highest BCUT2D eigenvalue weighted by atomic mass is 127. The third-order valence-electron chi connectivity index (χ3n) is 3.11. The van der Waals surface area contributed by atoms with Crippen molar-refractivity contribution in [2.75, 3.05) is 0 Å². The Balaban J connectivity index is 2.61. The van der Waals surface area contributed by atoms with Gasteiger partial charge in [0.05, 0.1) is 6.04 Å². The van der Waals surface area contributed by atoms with Gasteiger partial charge < -0.3 is 25.6 Å². The molecule has 0 aliphatic carbocycles. The van der Waals surface area contributed by atoms with E-state index in [1.807, 2.05) is 12.1 Å². The van der Waals surface area contributed by atoms with Gasteiger partial charge in [0.25, 0.3) is 0 Å². The van der Waals surface area contributed by atoms with Crippen molar-refractivity contribution >= 4 is 46.8 Å². The van der Waals surface area contributed by atoms with E-state index in [9.17, 15) is 24.3 Å². The summed E-state index contributed by atoms with van der Waals surface area (Å²) in [5.74, 6) is -2.30. The summed E-state index contributed by atoms with van der Waals surface area (Å²) in [4.78, 5) is 44.4. The molecule has 2 atom stereocenters. The number of carbonyl (C=O) groups is 4. The molecule has 0 bridgehead atoms. The maximum Gasteiger partial charge on any atom is 0.326 e. The minimum absolute atomic E-state index is 0.0683. The van der Waals surface area contributed by atoms with Gasteiger partial charge in [-0.15, -0.1) is 0 Å². The molecule has 0 saturated heterocycles. The number of halogens is 1. The van der Waals surface area contributed by atoms with Gasteiger partial charge in [0.15, 0.2) is 0 Å². The van der Waals surface area contributed by atoms with Crippen molar-refractivity contribution in [2.24, 2.45) is 0 Å². The van der Waals surface area contributed by atoms with Crippen LogP contribution in [0.25, 0.3) is 0 Å². The molecule has 8 nitrogen and oxygen atoms in total. The summed E-state index contributed by atoms with van der Waals surface area (Å²) in [7, 11) is 0. The van der Waals surface area contributed by atoms with Gasteiger partial charge in [-0.05, 0) is 46.7 Å². The summed E-state index contributed by atoms with van der Waals surface area (Å²) in [6.07, 6.45) is 0.147. The van der Waals surface area contributed by atoms with Crippen molar-refractivity contribution in [2.45, 2.75) is 31.3 Å². The highest BCUT2D eigenvalue weighted by Gasteiger charge is 2.22. The third-order valence-corrected chi connectivity index (χ3v) is 3.83. The van der Waals surface area contributed by atoms with E-state index in [-0.39, 0.29) is 19.3 Å². The van der Waals surface area contributed by atoms with Gasteiger partial charge in [-0.3, -0.25) is 4.79 Å². The number of aldehydes is 1. The summed E-state index contributed by atoms with van der Waals surface area (Å²) >= 11 is 2.12. The summed E-state index contributed by atoms with van der Waals surface area (Å²) in [6, 6.07) is 4.17. The van der Waals surface area contributed by atoms with E-state index in [1.165, 1.54) is 0 Å². The highest BCUT2D eigenvalue weighted by Crippen LogP contribution is 2.09. The summed E-state index contributed by atoms with van der Waals surface area (Å²) < 4.78 is 1.00. The first kappa shape index (κ1) is 19.9. The molecule has 1 aromatic rings. The zero-order chi connectivity index (χ0) is 18.1. The van der Waals surface area contributed by atoms with Crippen molar-refractivity contribution < 1.29 is 29.4 Å². The molecule has 4 N–H and O–H groups in total. The quantitative estimate of drug-likeness (QED) is 0.330. The van der Waals surface area contributed by atoms with E-state index < -0.39 is 30.1 Å². The van der Waals surface area contributed by atoms with Gasteiger partial charge in [-0.1, -0.05) is 12.1 Å². The number of carboxylic acid groups (broad SMARTS) is 2. The number of nitrogens with one attached hydrogen (secondary N) is 2. The van der Waals surface area contributed by atoms with Crippen LogP contribution in [-0.2, 0) is 20.8 Å². The molecule has 0 aromatic heterocycles. The van der Waals surface area contributed by atoms with Crippen molar-refractivity contribution in [3.8, 4) is 0 Å². The number of aliphatic carboxylic acids is 2. The van der Waals surface area contributed by atoms with E-state index >= 15 is 0 Å². The fraction of sp³-hybridized carbons (Fsp3) is 0.333. The standard InChI is InChI=1S/C15H17IN2O6/c16-10-3-1-9(2-4-10)7-12(14(22)23)18-15(24)17-11(8-19)5-6-13(20)21/h1-4,8,11-12H,5-7H2,(H,20,21)(H,22,23)(H2,17,18,24)/t11-,12-/m0/s1. The predicted molar refractivity (Wildman–Crippen MR) is 92.7 cm³/mol. The van der Waals surface area contributed by atoms with Gasteiger partial charge in [0, 0.05) is 16.4 Å². The lowest BCUT2D eigenvalue weighted by Gasteiger charge is -2.17.